The lowest BCUT2D eigenvalue weighted by Gasteiger charge is -2.46. The zero-order valence-corrected chi connectivity index (χ0v) is 15.3. The van der Waals surface area contributed by atoms with Crippen molar-refractivity contribution >= 4 is 8.22 Å². The largest absolute Gasteiger partial charge is 0.359 e. The summed E-state index contributed by atoms with van der Waals surface area (Å²) >= 11 is 0. The number of rotatable bonds is 9. The lowest BCUT2D eigenvalue weighted by Crippen LogP contribution is -2.43. The zero-order valence-electron chi connectivity index (χ0n) is 14.4. The Morgan fingerprint density at radius 2 is 1.20 bits per heavy atom. The van der Waals surface area contributed by atoms with E-state index >= 15 is 0 Å². The zero-order chi connectivity index (χ0) is 15.9. The van der Waals surface area contributed by atoms with E-state index in [9.17, 15) is 0 Å². The predicted molar refractivity (Wildman–Crippen MR) is 87.6 cm³/mol. The maximum Gasteiger partial charge on any atom is 0.134 e. The molecule has 118 valence electrons. The molecule has 0 aliphatic carbocycles. The molecule has 0 saturated heterocycles. The van der Waals surface area contributed by atoms with Crippen LogP contribution in [0.3, 0.4) is 0 Å². The number of nitriles is 1. The first-order chi connectivity index (χ1) is 9.23. The van der Waals surface area contributed by atoms with E-state index in [1.54, 1.807) is 0 Å². The highest BCUT2D eigenvalue weighted by Gasteiger charge is 2.32. The Kier molecular flexibility index (Phi) is 9.59. The van der Waals surface area contributed by atoms with Crippen LogP contribution in [-0.2, 0) is 4.74 Å². The van der Waals surface area contributed by atoms with Gasteiger partial charge >= 0.3 is 0 Å². The Morgan fingerprint density at radius 1 is 0.850 bits per heavy atom. The Morgan fingerprint density at radius 3 is 1.45 bits per heavy atom. The molecule has 0 aliphatic heterocycles. The third kappa shape index (κ3) is 6.06. The fourth-order valence-corrected chi connectivity index (χ4v) is 5.58. The highest BCUT2D eigenvalue weighted by atomic mass is 31.1. The van der Waals surface area contributed by atoms with Crippen LogP contribution in [0.1, 0.15) is 55.4 Å². The minimum Gasteiger partial charge on any atom is -0.359 e. The summed E-state index contributed by atoms with van der Waals surface area (Å²) in [6.07, 6.45) is 0.635. The Bertz CT molecular complexity index is 264. The standard InChI is InChI=1S/C15H32N3OP/c1-12(2)17(13(3)4)20(11-19-10-9-16)18(14(5)6)15(7)8/h12-15H,10-11H2,1-8H3. The summed E-state index contributed by atoms with van der Waals surface area (Å²) in [5.41, 5.74) is 0. The Hall–Kier alpha value is -0.200. The number of nitrogens with zero attached hydrogens (tertiary/aromatic N) is 3. The van der Waals surface area contributed by atoms with E-state index in [-0.39, 0.29) is 6.61 Å². The quantitative estimate of drug-likeness (QED) is 0.476. The second-order valence-electron chi connectivity index (χ2n) is 6.14. The van der Waals surface area contributed by atoms with Crippen molar-refractivity contribution in [2.75, 3.05) is 13.0 Å². The second kappa shape index (κ2) is 9.68. The molecular weight excluding hydrogens is 269 g/mol. The van der Waals surface area contributed by atoms with Gasteiger partial charge in [-0.3, -0.25) is 9.34 Å². The molecule has 0 heterocycles. The summed E-state index contributed by atoms with van der Waals surface area (Å²) < 4.78 is 10.7. The molecule has 0 unspecified atom stereocenters. The van der Waals surface area contributed by atoms with E-state index in [2.05, 4.69) is 70.8 Å². The van der Waals surface area contributed by atoms with Gasteiger partial charge in [0.2, 0.25) is 0 Å². The molecule has 20 heavy (non-hydrogen) atoms. The summed E-state index contributed by atoms with van der Waals surface area (Å²) in [5, 5.41) is 8.70. The topological polar surface area (TPSA) is 39.5 Å². The smallest absolute Gasteiger partial charge is 0.134 e. The molecule has 0 N–H and O–H groups in total. The average molecular weight is 301 g/mol. The first-order valence-corrected chi connectivity index (χ1v) is 8.95. The second-order valence-corrected chi connectivity index (χ2v) is 8.07. The number of hydrogen-bond acceptors (Lipinski definition) is 4. The van der Waals surface area contributed by atoms with Crippen LogP contribution in [0.2, 0.25) is 0 Å². The average Bonchev–Trinajstić information content (AvgIpc) is 2.26. The minimum absolute atomic E-state index is 0.174. The fraction of sp³-hybridized carbons (Fsp3) is 0.933. The molecule has 5 heteroatoms. The van der Waals surface area contributed by atoms with Crippen molar-refractivity contribution in [3.8, 4) is 6.07 Å². The predicted octanol–water partition coefficient (Wildman–Crippen LogP) is 4.03. The molecule has 0 bridgehead atoms. The van der Waals surface area contributed by atoms with Crippen molar-refractivity contribution < 1.29 is 4.74 Å². The molecule has 0 radical (unpaired) electrons. The van der Waals surface area contributed by atoms with Gasteiger partial charge in [-0.05, 0) is 55.4 Å². The van der Waals surface area contributed by atoms with Crippen LogP contribution in [0.5, 0.6) is 0 Å². The molecule has 0 amide bonds. The van der Waals surface area contributed by atoms with Gasteiger partial charge in [-0.15, -0.1) is 0 Å². The van der Waals surface area contributed by atoms with Crippen LogP contribution in [-0.4, -0.2) is 46.5 Å². The summed E-state index contributed by atoms with van der Waals surface area (Å²) in [4.78, 5) is 0. The molecule has 0 atom stereocenters. The summed E-state index contributed by atoms with van der Waals surface area (Å²) in [6.45, 7) is 18.1. The van der Waals surface area contributed by atoms with Crippen molar-refractivity contribution in [1.29, 1.82) is 5.26 Å². The molecule has 0 aromatic rings. The molecule has 0 spiro atoms. The summed E-state index contributed by atoms with van der Waals surface area (Å²) in [5.74, 6) is 0. The monoisotopic (exact) mass is 301 g/mol. The molecule has 0 saturated carbocycles. The molecule has 0 fully saturated rings. The van der Waals surface area contributed by atoms with E-state index < -0.39 is 8.22 Å². The van der Waals surface area contributed by atoms with Crippen molar-refractivity contribution in [3.05, 3.63) is 0 Å². The van der Waals surface area contributed by atoms with E-state index in [4.69, 9.17) is 10.00 Å². The molecule has 0 aliphatic rings. The lowest BCUT2D eigenvalue weighted by atomic mass is 10.3. The van der Waals surface area contributed by atoms with Gasteiger partial charge in [0.25, 0.3) is 0 Å². The minimum atomic E-state index is -0.564. The van der Waals surface area contributed by atoms with E-state index in [1.807, 2.05) is 0 Å². The van der Waals surface area contributed by atoms with Crippen molar-refractivity contribution in [2.45, 2.75) is 79.6 Å². The Labute approximate surface area is 126 Å². The van der Waals surface area contributed by atoms with Crippen molar-refractivity contribution in [2.24, 2.45) is 0 Å². The first kappa shape index (κ1) is 19.8. The molecule has 0 rings (SSSR count). The lowest BCUT2D eigenvalue weighted by molar-refractivity contribution is 0.185. The fourth-order valence-electron chi connectivity index (χ4n) is 2.68. The SMILES string of the molecule is CC(C)N(C(C)C)P(COCC#N)N(C(C)C)C(C)C. The van der Waals surface area contributed by atoms with Crippen LogP contribution in [0.4, 0.5) is 0 Å². The van der Waals surface area contributed by atoms with E-state index in [1.165, 1.54) is 0 Å². The highest BCUT2D eigenvalue weighted by Crippen LogP contribution is 2.49. The third-order valence-electron chi connectivity index (χ3n) is 3.02. The highest BCUT2D eigenvalue weighted by molar-refractivity contribution is 7.52. The molecular formula is C15H32N3OP. The molecule has 0 aromatic carbocycles. The molecule has 0 aromatic heterocycles. The third-order valence-corrected chi connectivity index (χ3v) is 6.35. The van der Waals surface area contributed by atoms with E-state index in [0.717, 1.165) is 0 Å². The van der Waals surface area contributed by atoms with Gasteiger partial charge in [-0.2, -0.15) is 5.26 Å². The van der Waals surface area contributed by atoms with Crippen LogP contribution >= 0.6 is 8.22 Å². The van der Waals surface area contributed by atoms with Gasteiger partial charge in [0.15, 0.2) is 0 Å². The number of ether oxygens (including phenoxy) is 1. The maximum atomic E-state index is 8.70. The van der Waals surface area contributed by atoms with Crippen LogP contribution < -0.4 is 0 Å². The maximum absolute atomic E-state index is 8.70. The van der Waals surface area contributed by atoms with Crippen LogP contribution in [0.25, 0.3) is 0 Å². The summed E-state index contributed by atoms with van der Waals surface area (Å²) in [6, 6.07) is 3.93. The first-order valence-electron chi connectivity index (χ1n) is 7.52. The van der Waals surface area contributed by atoms with Gasteiger partial charge in [0.05, 0.1) is 20.6 Å². The van der Waals surface area contributed by atoms with Crippen molar-refractivity contribution in [1.82, 2.24) is 9.34 Å². The van der Waals surface area contributed by atoms with Gasteiger partial charge in [-0.25, -0.2) is 0 Å². The summed E-state index contributed by atoms with van der Waals surface area (Å²) in [7, 11) is -0.564. The molecule has 4 nitrogen and oxygen atoms in total. The van der Waals surface area contributed by atoms with E-state index in [0.29, 0.717) is 30.5 Å². The number of hydrogen-bond donors (Lipinski definition) is 0. The van der Waals surface area contributed by atoms with Gasteiger partial charge < -0.3 is 4.74 Å². The van der Waals surface area contributed by atoms with Gasteiger partial charge in [-0.1, -0.05) is 0 Å². The van der Waals surface area contributed by atoms with Gasteiger partial charge in [0.1, 0.15) is 6.61 Å². The normalized spacial score (nSPS) is 12.7. The van der Waals surface area contributed by atoms with Crippen LogP contribution in [0.15, 0.2) is 0 Å². The van der Waals surface area contributed by atoms with Crippen molar-refractivity contribution in [3.63, 3.8) is 0 Å². The Balaban J connectivity index is 5.26. The van der Waals surface area contributed by atoms with Gasteiger partial charge in [0, 0.05) is 24.2 Å². The van der Waals surface area contributed by atoms with Crippen LogP contribution in [0, 0.1) is 11.3 Å².